The van der Waals surface area contributed by atoms with Crippen LogP contribution in [0.2, 0.25) is 0 Å². The average molecular weight is 429 g/mol. The molecule has 0 N–H and O–H groups in total. The number of hydrogen-bond donors (Lipinski definition) is 0. The Bertz CT molecular complexity index is 915. The molecule has 32 heavy (non-hydrogen) atoms. The van der Waals surface area contributed by atoms with Crippen LogP contribution < -0.4 is 9.47 Å². The van der Waals surface area contributed by atoms with Crippen LogP contribution in [0.5, 0.6) is 11.5 Å². The second-order valence-electron chi connectivity index (χ2n) is 7.57. The van der Waals surface area contributed by atoms with Crippen molar-refractivity contribution >= 4 is 24.3 Å². The van der Waals surface area contributed by atoms with E-state index >= 15 is 0 Å². The maximum atomic E-state index is 6.17. The fraction of sp³-hybridized carbons (Fsp3) is 0.286. The molecule has 0 saturated carbocycles. The number of rotatable bonds is 12. The van der Waals surface area contributed by atoms with Crippen LogP contribution in [-0.4, -0.2) is 23.2 Å². The Hall–Kier alpha value is -3.40. The van der Waals surface area contributed by atoms with Crippen LogP contribution in [0.3, 0.4) is 0 Å². The van der Waals surface area contributed by atoms with Crippen LogP contribution in [0, 0.1) is 0 Å². The molecule has 3 rings (SSSR count). The lowest BCUT2D eigenvalue weighted by atomic mass is 10.1. The topological polar surface area (TPSA) is 44.2 Å². The molecule has 0 amide bonds. The van der Waals surface area contributed by atoms with E-state index in [0.29, 0.717) is 13.2 Å². The van der Waals surface area contributed by atoms with Crippen LogP contribution in [0.4, 0.5) is 0 Å². The van der Waals surface area contributed by atoms with E-state index in [9.17, 15) is 0 Å². The van der Waals surface area contributed by atoms with Gasteiger partial charge in [-0.15, -0.1) is 0 Å². The molecule has 2 aromatic heterocycles. The lowest BCUT2D eigenvalue weighted by Crippen LogP contribution is -2.02. The maximum Gasteiger partial charge on any atom is 0.127 e. The highest BCUT2D eigenvalue weighted by atomic mass is 16.5. The van der Waals surface area contributed by atoms with E-state index in [-0.39, 0.29) is 0 Å². The third kappa shape index (κ3) is 7.38. The molecule has 166 valence electrons. The Morgan fingerprint density at radius 3 is 1.53 bits per heavy atom. The van der Waals surface area contributed by atoms with E-state index in [2.05, 4.69) is 60.3 Å². The highest BCUT2D eigenvalue weighted by Crippen LogP contribution is 2.32. The second-order valence-corrected chi connectivity index (χ2v) is 7.57. The summed E-state index contributed by atoms with van der Waals surface area (Å²) < 4.78 is 12.3. The number of ether oxygens (including phenoxy) is 2. The van der Waals surface area contributed by atoms with Gasteiger partial charge in [-0.2, -0.15) is 0 Å². The number of hydrogen-bond acceptors (Lipinski definition) is 4. The van der Waals surface area contributed by atoms with Gasteiger partial charge < -0.3 is 9.47 Å². The summed E-state index contributed by atoms with van der Waals surface area (Å²) in [6.45, 7) is 5.71. The summed E-state index contributed by atoms with van der Waals surface area (Å²) in [6, 6.07) is 12.1. The third-order valence-corrected chi connectivity index (χ3v) is 4.93. The Morgan fingerprint density at radius 1 is 0.688 bits per heavy atom. The molecule has 0 unspecified atom stereocenters. The summed E-state index contributed by atoms with van der Waals surface area (Å²) in [5, 5.41) is 0. The van der Waals surface area contributed by atoms with Gasteiger partial charge in [0, 0.05) is 35.9 Å². The van der Waals surface area contributed by atoms with Crippen molar-refractivity contribution in [1.29, 1.82) is 0 Å². The molecule has 0 radical (unpaired) electrons. The summed E-state index contributed by atoms with van der Waals surface area (Å²) in [7, 11) is 0. The van der Waals surface area contributed by atoms with E-state index in [1.54, 1.807) is 12.4 Å². The number of nitrogens with zero attached hydrogens (tertiary/aromatic N) is 2. The van der Waals surface area contributed by atoms with Crippen LogP contribution in [-0.2, 0) is 0 Å². The molecule has 2 heterocycles. The zero-order valence-electron chi connectivity index (χ0n) is 19.0. The summed E-state index contributed by atoms with van der Waals surface area (Å²) in [4.78, 5) is 8.39. The molecule has 4 nitrogen and oxygen atoms in total. The normalized spacial score (nSPS) is 11.3. The molecule has 0 bridgehead atoms. The van der Waals surface area contributed by atoms with Gasteiger partial charge in [0.1, 0.15) is 11.5 Å². The van der Waals surface area contributed by atoms with Crippen LogP contribution in [0.25, 0.3) is 24.3 Å². The minimum Gasteiger partial charge on any atom is -0.493 e. The molecule has 0 saturated heterocycles. The second kappa shape index (κ2) is 13.1. The standard InChI is InChI=1S/C28H32N2O2/c1-3-5-17-31-27-19-26(14-12-24-10-8-16-30-22-24)28(32-18-6-4-2)20-25(27)13-11-23-9-7-15-29-21-23/h7-16,19-22H,3-6,17-18H2,1-2H3/b13-11+,14-12+. The summed E-state index contributed by atoms with van der Waals surface area (Å²) >= 11 is 0. The Labute approximate surface area is 191 Å². The number of pyridine rings is 2. The largest absolute Gasteiger partial charge is 0.493 e. The smallest absolute Gasteiger partial charge is 0.127 e. The van der Waals surface area contributed by atoms with Gasteiger partial charge in [0.15, 0.2) is 0 Å². The van der Waals surface area contributed by atoms with Crippen molar-refractivity contribution < 1.29 is 9.47 Å². The highest BCUT2D eigenvalue weighted by molar-refractivity contribution is 5.78. The van der Waals surface area contributed by atoms with Crippen molar-refractivity contribution in [3.05, 3.63) is 83.4 Å². The van der Waals surface area contributed by atoms with Gasteiger partial charge >= 0.3 is 0 Å². The first-order valence-electron chi connectivity index (χ1n) is 11.4. The predicted octanol–water partition coefficient (Wildman–Crippen LogP) is 7.18. The van der Waals surface area contributed by atoms with Gasteiger partial charge in [0.2, 0.25) is 0 Å². The molecule has 0 atom stereocenters. The molecular weight excluding hydrogens is 396 g/mol. The van der Waals surface area contributed by atoms with Crippen LogP contribution >= 0.6 is 0 Å². The zero-order valence-corrected chi connectivity index (χ0v) is 19.0. The van der Waals surface area contributed by atoms with Gasteiger partial charge in [0.05, 0.1) is 13.2 Å². The van der Waals surface area contributed by atoms with Crippen molar-refractivity contribution in [2.45, 2.75) is 39.5 Å². The van der Waals surface area contributed by atoms with Gasteiger partial charge in [-0.25, -0.2) is 0 Å². The number of benzene rings is 1. The van der Waals surface area contributed by atoms with Crippen molar-refractivity contribution in [2.24, 2.45) is 0 Å². The van der Waals surface area contributed by atoms with E-state index in [1.165, 1.54) is 0 Å². The molecule has 0 aliphatic heterocycles. The lowest BCUT2D eigenvalue weighted by Gasteiger charge is -2.15. The van der Waals surface area contributed by atoms with Crippen molar-refractivity contribution in [2.75, 3.05) is 13.2 Å². The highest BCUT2D eigenvalue weighted by Gasteiger charge is 2.10. The summed E-state index contributed by atoms with van der Waals surface area (Å²) in [5.74, 6) is 1.71. The van der Waals surface area contributed by atoms with Gasteiger partial charge in [-0.05, 0) is 48.2 Å². The molecule has 0 fully saturated rings. The van der Waals surface area contributed by atoms with Gasteiger partial charge in [-0.1, -0.05) is 63.1 Å². The molecule has 0 aliphatic rings. The van der Waals surface area contributed by atoms with Crippen molar-refractivity contribution in [1.82, 2.24) is 9.97 Å². The third-order valence-electron chi connectivity index (χ3n) is 4.93. The minimum absolute atomic E-state index is 0.687. The molecule has 4 heteroatoms. The molecule has 3 aromatic rings. The first-order valence-corrected chi connectivity index (χ1v) is 11.4. The summed E-state index contributed by atoms with van der Waals surface area (Å²) in [6.07, 6.45) is 19.7. The van der Waals surface area contributed by atoms with E-state index in [1.807, 2.05) is 36.7 Å². The SMILES string of the molecule is CCCCOc1cc(/C=C/c2cccnc2)c(OCCCC)cc1/C=C/c1cccnc1. The van der Waals surface area contributed by atoms with Crippen molar-refractivity contribution in [3.63, 3.8) is 0 Å². The number of unbranched alkanes of at least 4 members (excludes halogenated alkanes) is 2. The van der Waals surface area contributed by atoms with Gasteiger partial charge in [0.25, 0.3) is 0 Å². The molecule has 0 spiro atoms. The maximum absolute atomic E-state index is 6.17. The fourth-order valence-corrected chi connectivity index (χ4v) is 3.08. The molecular formula is C28H32N2O2. The molecule has 1 aromatic carbocycles. The van der Waals surface area contributed by atoms with Crippen LogP contribution in [0.15, 0.2) is 61.2 Å². The number of aromatic nitrogens is 2. The Morgan fingerprint density at radius 2 is 1.16 bits per heavy atom. The van der Waals surface area contributed by atoms with Gasteiger partial charge in [-0.3, -0.25) is 9.97 Å². The van der Waals surface area contributed by atoms with E-state index in [0.717, 1.165) is 59.4 Å². The Kier molecular flexibility index (Phi) is 9.53. The quantitative estimate of drug-likeness (QED) is 0.287. The minimum atomic E-state index is 0.687. The van der Waals surface area contributed by atoms with Crippen molar-refractivity contribution in [3.8, 4) is 11.5 Å². The summed E-state index contributed by atoms with van der Waals surface area (Å²) in [5.41, 5.74) is 4.08. The van der Waals surface area contributed by atoms with Crippen LogP contribution in [0.1, 0.15) is 61.8 Å². The predicted molar refractivity (Wildman–Crippen MR) is 134 cm³/mol. The monoisotopic (exact) mass is 428 g/mol. The first-order chi connectivity index (χ1) is 15.8. The fourth-order valence-electron chi connectivity index (χ4n) is 3.08. The van der Waals surface area contributed by atoms with E-state index < -0.39 is 0 Å². The zero-order chi connectivity index (χ0) is 22.4. The molecule has 0 aliphatic carbocycles. The average Bonchev–Trinajstić information content (AvgIpc) is 2.84. The first kappa shape index (κ1) is 23.3. The Balaban J connectivity index is 1.96. The lowest BCUT2D eigenvalue weighted by molar-refractivity contribution is 0.300. The van der Waals surface area contributed by atoms with E-state index in [4.69, 9.17) is 9.47 Å².